The molecule has 134 valence electrons. The molecule has 4 rings (SSSR count). The Kier molecular flexibility index (Phi) is 4.53. The number of amides is 2. The minimum atomic E-state index is -0.256. The summed E-state index contributed by atoms with van der Waals surface area (Å²) in [6.45, 7) is 0.636. The first-order chi connectivity index (χ1) is 13.2. The zero-order valence-corrected chi connectivity index (χ0v) is 14.5. The summed E-state index contributed by atoms with van der Waals surface area (Å²) >= 11 is 0. The zero-order valence-electron chi connectivity index (χ0n) is 14.5. The SMILES string of the molecule is O=C(/C=C/c1ccccc1)Nc1cc(-c2cc3c([nH]2)CCNC3=O)ccn1. The van der Waals surface area contributed by atoms with E-state index in [9.17, 15) is 9.59 Å². The summed E-state index contributed by atoms with van der Waals surface area (Å²) in [5.74, 6) is 0.133. The molecule has 1 aromatic carbocycles. The van der Waals surface area contributed by atoms with Crippen LogP contribution >= 0.6 is 0 Å². The van der Waals surface area contributed by atoms with Gasteiger partial charge in [-0.05, 0) is 29.8 Å². The normalized spacial score (nSPS) is 13.3. The number of H-pyrrole nitrogens is 1. The fraction of sp³-hybridized carbons (Fsp3) is 0.0952. The molecule has 1 aliphatic heterocycles. The number of nitrogens with zero attached hydrogens (tertiary/aromatic N) is 1. The number of rotatable bonds is 4. The molecule has 27 heavy (non-hydrogen) atoms. The van der Waals surface area contributed by atoms with E-state index in [-0.39, 0.29) is 11.8 Å². The molecule has 2 amide bonds. The van der Waals surface area contributed by atoms with Gasteiger partial charge in [0.2, 0.25) is 5.91 Å². The summed E-state index contributed by atoms with van der Waals surface area (Å²) in [4.78, 5) is 31.6. The van der Waals surface area contributed by atoms with E-state index in [1.165, 1.54) is 6.08 Å². The quantitative estimate of drug-likeness (QED) is 0.627. The molecule has 0 bridgehead atoms. The molecule has 0 aliphatic carbocycles. The average Bonchev–Trinajstić information content (AvgIpc) is 3.13. The van der Waals surface area contributed by atoms with E-state index in [1.54, 1.807) is 18.3 Å². The van der Waals surface area contributed by atoms with Crippen molar-refractivity contribution in [1.29, 1.82) is 0 Å². The number of carbonyl (C=O) groups excluding carboxylic acids is 2. The van der Waals surface area contributed by atoms with Crippen molar-refractivity contribution in [3.8, 4) is 11.3 Å². The first-order valence-corrected chi connectivity index (χ1v) is 8.70. The van der Waals surface area contributed by atoms with Gasteiger partial charge in [-0.1, -0.05) is 30.3 Å². The van der Waals surface area contributed by atoms with Crippen LogP contribution in [0.1, 0.15) is 21.6 Å². The highest BCUT2D eigenvalue weighted by molar-refractivity contribution is 6.01. The Labute approximate surface area is 156 Å². The van der Waals surface area contributed by atoms with Crippen molar-refractivity contribution in [2.24, 2.45) is 0 Å². The zero-order chi connectivity index (χ0) is 18.6. The average molecular weight is 358 g/mol. The van der Waals surface area contributed by atoms with Gasteiger partial charge < -0.3 is 15.6 Å². The van der Waals surface area contributed by atoms with Crippen LogP contribution in [0.4, 0.5) is 5.82 Å². The Morgan fingerprint density at radius 1 is 1.15 bits per heavy atom. The monoisotopic (exact) mass is 358 g/mol. The summed E-state index contributed by atoms with van der Waals surface area (Å²) < 4.78 is 0. The molecule has 3 heterocycles. The van der Waals surface area contributed by atoms with Crippen molar-refractivity contribution in [2.75, 3.05) is 11.9 Å². The van der Waals surface area contributed by atoms with Crippen molar-refractivity contribution in [3.63, 3.8) is 0 Å². The molecule has 3 aromatic rings. The van der Waals surface area contributed by atoms with Crippen molar-refractivity contribution in [1.82, 2.24) is 15.3 Å². The van der Waals surface area contributed by atoms with Gasteiger partial charge in [0.15, 0.2) is 0 Å². The number of anilines is 1. The molecule has 6 nitrogen and oxygen atoms in total. The third-order valence-corrected chi connectivity index (χ3v) is 4.35. The predicted molar refractivity (Wildman–Crippen MR) is 104 cm³/mol. The van der Waals surface area contributed by atoms with Gasteiger partial charge in [-0.2, -0.15) is 0 Å². The van der Waals surface area contributed by atoms with Gasteiger partial charge in [0, 0.05) is 42.2 Å². The predicted octanol–water partition coefficient (Wildman–Crippen LogP) is 3.01. The van der Waals surface area contributed by atoms with Gasteiger partial charge in [0.05, 0.1) is 5.56 Å². The minimum Gasteiger partial charge on any atom is -0.358 e. The molecule has 0 fully saturated rings. The Hall–Kier alpha value is -3.67. The summed E-state index contributed by atoms with van der Waals surface area (Å²) in [6, 6.07) is 15.1. The smallest absolute Gasteiger partial charge is 0.253 e. The molecule has 3 N–H and O–H groups in total. The Bertz CT molecular complexity index is 1020. The molecule has 6 heteroatoms. The Morgan fingerprint density at radius 3 is 2.81 bits per heavy atom. The molecule has 0 radical (unpaired) electrons. The second kappa shape index (κ2) is 7.29. The van der Waals surface area contributed by atoms with Crippen molar-refractivity contribution < 1.29 is 9.59 Å². The fourth-order valence-corrected chi connectivity index (χ4v) is 3.02. The van der Waals surface area contributed by atoms with Crippen LogP contribution in [0.2, 0.25) is 0 Å². The Morgan fingerprint density at radius 2 is 2.00 bits per heavy atom. The van der Waals surface area contributed by atoms with Crippen LogP contribution in [0.3, 0.4) is 0 Å². The van der Waals surface area contributed by atoms with Gasteiger partial charge in [0.25, 0.3) is 5.91 Å². The maximum Gasteiger partial charge on any atom is 0.253 e. The van der Waals surface area contributed by atoms with Crippen LogP contribution in [-0.2, 0) is 11.2 Å². The number of aromatic nitrogens is 2. The van der Waals surface area contributed by atoms with E-state index < -0.39 is 0 Å². The number of aromatic amines is 1. The van der Waals surface area contributed by atoms with Gasteiger partial charge in [-0.3, -0.25) is 9.59 Å². The van der Waals surface area contributed by atoms with Crippen LogP contribution in [0.15, 0.2) is 60.8 Å². The molecule has 0 saturated heterocycles. The third-order valence-electron chi connectivity index (χ3n) is 4.35. The standard InChI is InChI=1S/C21H18N4O2/c26-20(7-6-14-4-2-1-3-5-14)25-19-12-15(8-10-22-19)18-13-16-17(24-18)9-11-23-21(16)27/h1-8,10,12-13,24H,9,11H2,(H,23,27)(H,22,25,26)/b7-6+. The summed E-state index contributed by atoms with van der Waals surface area (Å²) in [5.41, 5.74) is 4.24. The maximum atomic E-state index is 12.1. The number of hydrogen-bond donors (Lipinski definition) is 3. The van der Waals surface area contributed by atoms with Crippen LogP contribution in [-0.4, -0.2) is 28.3 Å². The molecule has 0 atom stereocenters. The minimum absolute atomic E-state index is 0.0626. The lowest BCUT2D eigenvalue weighted by molar-refractivity contribution is -0.111. The highest BCUT2D eigenvalue weighted by Crippen LogP contribution is 2.25. The van der Waals surface area contributed by atoms with Crippen LogP contribution < -0.4 is 10.6 Å². The van der Waals surface area contributed by atoms with Gasteiger partial charge in [0.1, 0.15) is 5.82 Å². The molecule has 0 saturated carbocycles. The van der Waals surface area contributed by atoms with Crippen molar-refractivity contribution in [3.05, 3.63) is 77.6 Å². The number of hydrogen-bond acceptors (Lipinski definition) is 3. The molecule has 2 aromatic heterocycles. The summed E-state index contributed by atoms with van der Waals surface area (Å²) in [5, 5.41) is 5.59. The highest BCUT2D eigenvalue weighted by Gasteiger charge is 2.20. The van der Waals surface area contributed by atoms with Crippen LogP contribution in [0.25, 0.3) is 17.3 Å². The summed E-state index contributed by atoms with van der Waals surface area (Å²) in [7, 11) is 0. The van der Waals surface area contributed by atoms with Gasteiger partial charge in [-0.15, -0.1) is 0 Å². The second-order valence-electron chi connectivity index (χ2n) is 6.24. The lowest BCUT2D eigenvalue weighted by Gasteiger charge is -2.10. The third kappa shape index (κ3) is 3.79. The first-order valence-electron chi connectivity index (χ1n) is 8.70. The second-order valence-corrected chi connectivity index (χ2v) is 6.24. The molecule has 0 unspecified atom stereocenters. The van der Waals surface area contributed by atoms with Gasteiger partial charge in [-0.25, -0.2) is 4.98 Å². The van der Waals surface area contributed by atoms with Crippen molar-refractivity contribution in [2.45, 2.75) is 6.42 Å². The van der Waals surface area contributed by atoms with E-state index in [0.29, 0.717) is 17.9 Å². The number of fused-ring (bicyclic) bond motifs is 1. The Balaban J connectivity index is 1.50. The summed E-state index contributed by atoms with van der Waals surface area (Å²) in [6.07, 6.45) is 5.63. The van der Waals surface area contributed by atoms with Crippen molar-refractivity contribution >= 4 is 23.7 Å². The number of nitrogens with one attached hydrogen (secondary N) is 3. The topological polar surface area (TPSA) is 86.9 Å². The van der Waals surface area contributed by atoms with Gasteiger partial charge >= 0.3 is 0 Å². The lowest BCUT2D eigenvalue weighted by atomic mass is 10.1. The lowest BCUT2D eigenvalue weighted by Crippen LogP contribution is -2.31. The van der Waals surface area contributed by atoms with E-state index in [1.807, 2.05) is 42.5 Å². The van der Waals surface area contributed by atoms with Crippen LogP contribution in [0, 0.1) is 0 Å². The molecule has 0 spiro atoms. The maximum absolute atomic E-state index is 12.1. The molecule has 1 aliphatic rings. The van der Waals surface area contributed by atoms with E-state index in [2.05, 4.69) is 20.6 Å². The highest BCUT2D eigenvalue weighted by atomic mass is 16.2. The molecular formula is C21H18N4O2. The largest absolute Gasteiger partial charge is 0.358 e. The fourth-order valence-electron chi connectivity index (χ4n) is 3.02. The number of benzene rings is 1. The first kappa shape index (κ1) is 16.8. The van der Waals surface area contributed by atoms with E-state index >= 15 is 0 Å². The van der Waals surface area contributed by atoms with E-state index in [4.69, 9.17) is 0 Å². The van der Waals surface area contributed by atoms with E-state index in [0.717, 1.165) is 28.9 Å². The van der Waals surface area contributed by atoms with Crippen LogP contribution in [0.5, 0.6) is 0 Å². The number of carbonyl (C=O) groups is 2. The number of pyridine rings is 1. The molecular weight excluding hydrogens is 340 g/mol.